The number of hydrogen-bond acceptors (Lipinski definition) is 7. The number of nitriles is 1. The molecule has 0 spiro atoms. The number of hydrogen-bond donors (Lipinski definition) is 2. The van der Waals surface area contributed by atoms with E-state index >= 15 is 0 Å². The number of thiophene rings is 1. The lowest BCUT2D eigenvalue weighted by molar-refractivity contribution is 0.104. The van der Waals surface area contributed by atoms with Crippen molar-refractivity contribution in [3.05, 3.63) is 63.5 Å². The Kier molecular flexibility index (Phi) is 5.34. The van der Waals surface area contributed by atoms with Gasteiger partial charge in [-0.3, -0.25) is 4.79 Å². The van der Waals surface area contributed by atoms with Gasteiger partial charge in [-0.15, -0.1) is 11.3 Å². The third kappa shape index (κ3) is 3.46. The molecular formula is C23H21N3O3S. The molecule has 1 heterocycles. The van der Waals surface area contributed by atoms with Crippen molar-refractivity contribution in [3.63, 3.8) is 0 Å². The van der Waals surface area contributed by atoms with E-state index in [1.165, 1.54) is 29.6 Å². The van der Waals surface area contributed by atoms with Crippen LogP contribution in [-0.2, 0) is 12.8 Å². The first-order valence-corrected chi connectivity index (χ1v) is 10.3. The third-order valence-corrected chi connectivity index (χ3v) is 6.39. The minimum absolute atomic E-state index is 0.175. The minimum Gasteiger partial charge on any atom is -0.497 e. The molecule has 2 aromatic carbocycles. The number of fused-ring (bicyclic) bond motifs is 1. The number of rotatable bonds is 6. The number of anilines is 3. The van der Waals surface area contributed by atoms with E-state index in [1.54, 1.807) is 25.3 Å². The maximum absolute atomic E-state index is 13.2. The van der Waals surface area contributed by atoms with E-state index in [4.69, 9.17) is 15.2 Å². The summed E-state index contributed by atoms with van der Waals surface area (Å²) in [6.07, 6.45) is 3.33. The summed E-state index contributed by atoms with van der Waals surface area (Å²) in [5.41, 5.74) is 10.6. The van der Waals surface area contributed by atoms with E-state index in [0.717, 1.165) is 24.9 Å². The summed E-state index contributed by atoms with van der Waals surface area (Å²) in [4.78, 5) is 13.5. The van der Waals surface area contributed by atoms with Crippen LogP contribution in [0.5, 0.6) is 11.5 Å². The Morgan fingerprint density at radius 3 is 2.67 bits per heavy atom. The number of nitrogens with one attached hydrogen (secondary N) is 1. The maximum Gasteiger partial charge on any atom is 0.208 e. The lowest BCUT2D eigenvalue weighted by Gasteiger charge is -2.09. The standard InChI is InChI=1S/C23H21N3O3S/c1-28-16-8-9-17(19(11-16)29-2)21(27)22-20(25)18(12-24)23(30-22)26-15-7-6-13-4-3-5-14(13)10-15/h6-11,26H,3-5,25H2,1-2H3. The number of methoxy groups -OCH3 is 2. The molecule has 30 heavy (non-hydrogen) atoms. The van der Waals surface area contributed by atoms with Crippen LogP contribution < -0.4 is 20.5 Å². The summed E-state index contributed by atoms with van der Waals surface area (Å²) in [5.74, 6) is 0.675. The van der Waals surface area contributed by atoms with Crippen LogP contribution >= 0.6 is 11.3 Å². The van der Waals surface area contributed by atoms with Gasteiger partial charge < -0.3 is 20.5 Å². The van der Waals surface area contributed by atoms with E-state index < -0.39 is 0 Å². The smallest absolute Gasteiger partial charge is 0.208 e. The van der Waals surface area contributed by atoms with E-state index in [-0.39, 0.29) is 17.0 Å². The van der Waals surface area contributed by atoms with Crippen molar-refractivity contribution in [2.75, 3.05) is 25.3 Å². The van der Waals surface area contributed by atoms with Gasteiger partial charge in [0.15, 0.2) is 0 Å². The summed E-state index contributed by atoms with van der Waals surface area (Å²) in [5, 5.41) is 13.5. The third-order valence-electron chi connectivity index (χ3n) is 5.27. The average Bonchev–Trinajstić information content (AvgIpc) is 3.36. The molecular weight excluding hydrogens is 398 g/mol. The Morgan fingerprint density at radius 1 is 1.13 bits per heavy atom. The van der Waals surface area contributed by atoms with Gasteiger partial charge in [-0.25, -0.2) is 0 Å². The van der Waals surface area contributed by atoms with Gasteiger partial charge in [0, 0.05) is 11.8 Å². The molecule has 4 rings (SSSR count). The highest BCUT2D eigenvalue weighted by Gasteiger charge is 2.25. The van der Waals surface area contributed by atoms with Crippen molar-refractivity contribution in [3.8, 4) is 17.6 Å². The molecule has 3 aromatic rings. The Hall–Kier alpha value is -3.50. The lowest BCUT2D eigenvalue weighted by atomic mass is 10.1. The molecule has 0 unspecified atom stereocenters. The first-order chi connectivity index (χ1) is 14.5. The van der Waals surface area contributed by atoms with Gasteiger partial charge in [0.2, 0.25) is 5.78 Å². The second-order valence-electron chi connectivity index (χ2n) is 7.02. The number of ketones is 1. The van der Waals surface area contributed by atoms with Crippen LogP contribution in [0.15, 0.2) is 36.4 Å². The van der Waals surface area contributed by atoms with E-state index in [1.807, 2.05) is 6.07 Å². The molecule has 1 aliphatic carbocycles. The molecule has 1 aliphatic rings. The highest BCUT2D eigenvalue weighted by Crippen LogP contribution is 2.40. The van der Waals surface area contributed by atoms with Crippen molar-refractivity contribution in [1.82, 2.24) is 0 Å². The quantitative estimate of drug-likeness (QED) is 0.563. The van der Waals surface area contributed by atoms with Crippen molar-refractivity contribution < 1.29 is 14.3 Å². The number of carbonyl (C=O) groups is 1. The summed E-state index contributed by atoms with van der Waals surface area (Å²) in [6, 6.07) is 13.3. The molecule has 1 aromatic heterocycles. The van der Waals surface area contributed by atoms with Crippen LogP contribution in [0.3, 0.4) is 0 Å². The predicted octanol–water partition coefficient (Wildman–Crippen LogP) is 4.68. The summed E-state index contributed by atoms with van der Waals surface area (Å²) >= 11 is 1.18. The number of carbonyl (C=O) groups excluding carboxylic acids is 1. The van der Waals surface area contributed by atoms with Crippen molar-refractivity contribution >= 4 is 33.5 Å². The Morgan fingerprint density at radius 2 is 1.93 bits per heavy atom. The fourth-order valence-corrected chi connectivity index (χ4v) is 4.75. The molecule has 0 saturated heterocycles. The van der Waals surface area contributed by atoms with Crippen molar-refractivity contribution in [1.29, 1.82) is 5.26 Å². The molecule has 0 fully saturated rings. The van der Waals surface area contributed by atoms with Gasteiger partial charge in [-0.05, 0) is 54.7 Å². The Bertz CT molecular complexity index is 1180. The fraction of sp³-hybridized carbons (Fsp3) is 0.217. The SMILES string of the molecule is COc1ccc(C(=O)c2sc(Nc3ccc4c(c3)CCC4)c(C#N)c2N)c(OC)c1. The molecule has 6 nitrogen and oxygen atoms in total. The second kappa shape index (κ2) is 8.09. The molecule has 152 valence electrons. The number of aryl methyl sites for hydroxylation is 2. The molecule has 0 amide bonds. The molecule has 0 atom stereocenters. The van der Waals surface area contributed by atoms with Crippen LogP contribution in [0.25, 0.3) is 0 Å². The zero-order valence-corrected chi connectivity index (χ0v) is 17.6. The topological polar surface area (TPSA) is 97.4 Å². The monoisotopic (exact) mass is 419 g/mol. The largest absolute Gasteiger partial charge is 0.497 e. The molecule has 0 bridgehead atoms. The zero-order valence-electron chi connectivity index (χ0n) is 16.7. The Balaban J connectivity index is 1.70. The van der Waals surface area contributed by atoms with Crippen LogP contribution in [0.2, 0.25) is 0 Å². The molecule has 0 saturated carbocycles. The number of nitrogens with two attached hydrogens (primary N) is 1. The van der Waals surface area contributed by atoms with Gasteiger partial charge in [-0.1, -0.05) is 6.07 Å². The minimum atomic E-state index is -0.296. The van der Waals surface area contributed by atoms with Gasteiger partial charge in [0.05, 0.1) is 25.5 Å². The highest BCUT2D eigenvalue weighted by molar-refractivity contribution is 7.19. The molecule has 3 N–H and O–H groups in total. The predicted molar refractivity (Wildman–Crippen MR) is 118 cm³/mol. The van der Waals surface area contributed by atoms with Gasteiger partial charge >= 0.3 is 0 Å². The number of ether oxygens (including phenoxy) is 2. The molecule has 0 radical (unpaired) electrons. The van der Waals surface area contributed by atoms with E-state index in [2.05, 4.69) is 23.5 Å². The average molecular weight is 420 g/mol. The summed E-state index contributed by atoms with van der Waals surface area (Å²) in [7, 11) is 3.04. The van der Waals surface area contributed by atoms with Crippen LogP contribution in [0, 0.1) is 11.3 Å². The summed E-state index contributed by atoms with van der Waals surface area (Å²) in [6.45, 7) is 0. The zero-order chi connectivity index (χ0) is 21.3. The molecule has 7 heteroatoms. The lowest BCUT2D eigenvalue weighted by Crippen LogP contribution is -2.05. The number of nitrogens with zero attached hydrogens (tertiary/aromatic N) is 1. The van der Waals surface area contributed by atoms with Gasteiger partial charge in [0.1, 0.15) is 33.0 Å². The summed E-state index contributed by atoms with van der Waals surface area (Å²) < 4.78 is 10.5. The Labute approximate surface area is 178 Å². The highest BCUT2D eigenvalue weighted by atomic mass is 32.1. The maximum atomic E-state index is 13.2. The van der Waals surface area contributed by atoms with Crippen LogP contribution in [0.1, 0.15) is 38.3 Å². The fourth-order valence-electron chi connectivity index (χ4n) is 3.70. The number of benzene rings is 2. The van der Waals surface area contributed by atoms with Gasteiger partial charge in [0.25, 0.3) is 0 Å². The van der Waals surface area contributed by atoms with Gasteiger partial charge in [-0.2, -0.15) is 5.26 Å². The van der Waals surface area contributed by atoms with Crippen molar-refractivity contribution in [2.24, 2.45) is 0 Å². The van der Waals surface area contributed by atoms with E-state index in [0.29, 0.717) is 26.9 Å². The normalized spacial score (nSPS) is 12.2. The molecule has 0 aliphatic heterocycles. The van der Waals surface area contributed by atoms with Crippen LogP contribution in [0.4, 0.5) is 16.4 Å². The van der Waals surface area contributed by atoms with E-state index in [9.17, 15) is 10.1 Å². The first-order valence-electron chi connectivity index (χ1n) is 9.53. The second-order valence-corrected chi connectivity index (χ2v) is 8.04. The first kappa shape index (κ1) is 19.8. The van der Waals surface area contributed by atoms with Crippen LogP contribution in [-0.4, -0.2) is 20.0 Å². The van der Waals surface area contributed by atoms with Crippen molar-refractivity contribution in [2.45, 2.75) is 19.3 Å². The number of nitrogen functional groups attached to an aromatic ring is 1.